The van der Waals surface area contributed by atoms with Gasteiger partial charge in [0.05, 0.1) is 16.3 Å². The summed E-state index contributed by atoms with van der Waals surface area (Å²) < 4.78 is 27.2. The Morgan fingerprint density at radius 1 is 1.20 bits per heavy atom. The highest BCUT2D eigenvalue weighted by molar-refractivity contribution is 7.92. The number of aryl methyl sites for hydroxylation is 2. The van der Waals surface area contributed by atoms with Crippen molar-refractivity contribution in [2.75, 3.05) is 4.72 Å². The zero-order chi connectivity index (χ0) is 14.8. The summed E-state index contributed by atoms with van der Waals surface area (Å²) in [5, 5.41) is 0. The zero-order valence-corrected chi connectivity index (χ0v) is 12.2. The van der Waals surface area contributed by atoms with Gasteiger partial charge in [-0.1, -0.05) is 12.1 Å². The van der Waals surface area contributed by atoms with E-state index in [1.165, 1.54) is 0 Å². The highest BCUT2D eigenvalue weighted by Gasteiger charge is 2.15. The lowest BCUT2D eigenvalue weighted by Crippen LogP contribution is -2.14. The second kappa shape index (κ2) is 5.60. The number of rotatable bonds is 4. The Morgan fingerprint density at radius 2 is 1.95 bits per heavy atom. The second-order valence-corrected chi connectivity index (χ2v) is 6.23. The molecule has 0 amide bonds. The van der Waals surface area contributed by atoms with E-state index in [1.807, 2.05) is 6.92 Å². The second-order valence-electron chi connectivity index (χ2n) is 4.54. The van der Waals surface area contributed by atoms with E-state index >= 15 is 0 Å². The number of benzene rings is 1. The Morgan fingerprint density at radius 3 is 2.60 bits per heavy atom. The molecule has 1 aromatic carbocycles. The molecule has 2 rings (SSSR count). The van der Waals surface area contributed by atoms with E-state index in [0.29, 0.717) is 17.9 Å². The van der Waals surface area contributed by atoms with Crippen molar-refractivity contribution in [3.63, 3.8) is 0 Å². The molecular weight excluding hydrogens is 274 g/mol. The van der Waals surface area contributed by atoms with Gasteiger partial charge in [-0.3, -0.25) is 9.71 Å². The van der Waals surface area contributed by atoms with E-state index in [-0.39, 0.29) is 4.90 Å². The molecule has 0 atom stereocenters. The van der Waals surface area contributed by atoms with Crippen molar-refractivity contribution in [1.29, 1.82) is 0 Å². The molecule has 0 aliphatic carbocycles. The molecule has 0 unspecified atom stereocenters. The number of hydrogen-bond donors (Lipinski definition) is 2. The minimum Gasteiger partial charge on any atom is -0.326 e. The van der Waals surface area contributed by atoms with E-state index in [9.17, 15) is 8.42 Å². The summed E-state index contributed by atoms with van der Waals surface area (Å²) >= 11 is 0. The summed E-state index contributed by atoms with van der Waals surface area (Å²) in [4.78, 5) is 4.43. The van der Waals surface area contributed by atoms with Crippen LogP contribution in [0.15, 0.2) is 41.3 Å². The van der Waals surface area contributed by atoms with Gasteiger partial charge in [-0.15, -0.1) is 0 Å². The van der Waals surface area contributed by atoms with Crippen LogP contribution in [-0.4, -0.2) is 13.4 Å². The number of pyridine rings is 1. The molecule has 1 heterocycles. The van der Waals surface area contributed by atoms with Crippen molar-refractivity contribution in [3.05, 3.63) is 53.3 Å². The lowest BCUT2D eigenvalue weighted by Gasteiger charge is -2.11. The Labute approximate surface area is 118 Å². The smallest absolute Gasteiger partial charge is 0.261 e. The fourth-order valence-electron chi connectivity index (χ4n) is 1.84. The number of aromatic nitrogens is 1. The van der Waals surface area contributed by atoms with Gasteiger partial charge in [-0.25, -0.2) is 8.42 Å². The third-order valence-electron chi connectivity index (χ3n) is 2.91. The van der Waals surface area contributed by atoms with Crippen molar-refractivity contribution < 1.29 is 8.42 Å². The molecule has 1 aromatic heterocycles. The van der Waals surface area contributed by atoms with Gasteiger partial charge in [0.25, 0.3) is 10.0 Å². The minimum absolute atomic E-state index is 0.195. The Balaban J connectivity index is 2.35. The van der Waals surface area contributed by atoms with Crippen LogP contribution >= 0.6 is 0 Å². The van der Waals surface area contributed by atoms with Crippen molar-refractivity contribution in [3.8, 4) is 0 Å². The monoisotopic (exact) mass is 291 g/mol. The maximum atomic E-state index is 12.3. The third-order valence-corrected chi connectivity index (χ3v) is 4.28. The average Bonchev–Trinajstić information content (AvgIpc) is 2.42. The van der Waals surface area contributed by atoms with Crippen LogP contribution in [0.2, 0.25) is 0 Å². The van der Waals surface area contributed by atoms with Gasteiger partial charge in [-0.05, 0) is 43.7 Å². The van der Waals surface area contributed by atoms with Gasteiger partial charge in [0.15, 0.2) is 0 Å². The van der Waals surface area contributed by atoms with Crippen LogP contribution in [0, 0.1) is 13.8 Å². The first-order valence-electron chi connectivity index (χ1n) is 6.18. The molecule has 0 aliphatic rings. The Bertz CT molecular complexity index is 727. The highest BCUT2D eigenvalue weighted by Crippen LogP contribution is 2.19. The third kappa shape index (κ3) is 3.15. The van der Waals surface area contributed by atoms with Crippen molar-refractivity contribution in [2.24, 2.45) is 5.73 Å². The molecule has 3 N–H and O–H groups in total. The maximum absolute atomic E-state index is 12.3. The molecule has 5 nitrogen and oxygen atoms in total. The fourth-order valence-corrected chi connectivity index (χ4v) is 3.03. The zero-order valence-electron chi connectivity index (χ0n) is 11.4. The van der Waals surface area contributed by atoms with Gasteiger partial charge >= 0.3 is 0 Å². The summed E-state index contributed by atoms with van der Waals surface area (Å²) in [5.41, 5.74) is 8.27. The van der Waals surface area contributed by atoms with Crippen LogP contribution in [0.1, 0.15) is 17.0 Å². The summed E-state index contributed by atoms with van der Waals surface area (Å²) in [6, 6.07) is 10.1. The first kappa shape index (κ1) is 14.5. The van der Waals surface area contributed by atoms with Gasteiger partial charge in [0.2, 0.25) is 0 Å². The number of nitrogens with one attached hydrogen (secondary N) is 1. The predicted molar refractivity (Wildman–Crippen MR) is 78.9 cm³/mol. The van der Waals surface area contributed by atoms with Crippen LogP contribution in [0.3, 0.4) is 0 Å². The van der Waals surface area contributed by atoms with E-state index in [2.05, 4.69) is 9.71 Å². The van der Waals surface area contributed by atoms with E-state index in [1.54, 1.807) is 43.3 Å². The molecular formula is C14H17N3O2S. The summed E-state index contributed by atoms with van der Waals surface area (Å²) in [6.45, 7) is 3.92. The largest absolute Gasteiger partial charge is 0.326 e. The molecule has 0 aliphatic heterocycles. The summed E-state index contributed by atoms with van der Waals surface area (Å²) in [5.74, 6) is 0. The number of anilines is 1. The van der Waals surface area contributed by atoms with Crippen LogP contribution in [0.4, 0.5) is 5.69 Å². The number of nitrogens with zero attached hydrogens (tertiary/aromatic N) is 1. The summed E-state index contributed by atoms with van der Waals surface area (Å²) in [6.07, 6.45) is 0. The standard InChI is InChI=1S/C14H17N3O2S/c1-10-6-7-14(11(2)16-10)17-20(18,19)13-5-3-4-12(8-13)9-15/h3-8,17H,9,15H2,1-2H3. The van der Waals surface area contributed by atoms with Crippen LogP contribution in [-0.2, 0) is 16.6 Å². The lowest BCUT2D eigenvalue weighted by atomic mass is 10.2. The van der Waals surface area contributed by atoms with Crippen molar-refractivity contribution in [1.82, 2.24) is 4.98 Å². The highest BCUT2D eigenvalue weighted by atomic mass is 32.2. The van der Waals surface area contributed by atoms with Gasteiger partial charge in [0, 0.05) is 12.2 Å². The van der Waals surface area contributed by atoms with Crippen LogP contribution < -0.4 is 10.5 Å². The number of hydrogen-bond acceptors (Lipinski definition) is 4. The number of nitrogens with two attached hydrogens (primary N) is 1. The van der Waals surface area contributed by atoms with Crippen molar-refractivity contribution >= 4 is 15.7 Å². The van der Waals surface area contributed by atoms with Crippen molar-refractivity contribution in [2.45, 2.75) is 25.3 Å². The maximum Gasteiger partial charge on any atom is 0.261 e. The first-order chi connectivity index (χ1) is 9.42. The van der Waals surface area contributed by atoms with E-state index < -0.39 is 10.0 Å². The Hall–Kier alpha value is -1.92. The topological polar surface area (TPSA) is 85.1 Å². The van der Waals surface area contributed by atoms with E-state index in [4.69, 9.17) is 5.73 Å². The molecule has 0 spiro atoms. The van der Waals surface area contributed by atoms with Gasteiger partial charge in [-0.2, -0.15) is 0 Å². The molecule has 0 radical (unpaired) electrons. The molecule has 0 bridgehead atoms. The molecule has 0 saturated carbocycles. The van der Waals surface area contributed by atoms with E-state index in [0.717, 1.165) is 11.3 Å². The molecule has 2 aromatic rings. The molecule has 6 heteroatoms. The van der Waals surface area contributed by atoms with Crippen LogP contribution in [0.5, 0.6) is 0 Å². The molecule has 106 valence electrons. The van der Waals surface area contributed by atoms with Gasteiger partial charge in [0.1, 0.15) is 0 Å². The first-order valence-corrected chi connectivity index (χ1v) is 7.67. The SMILES string of the molecule is Cc1ccc(NS(=O)(=O)c2cccc(CN)c2)c(C)n1. The predicted octanol–water partition coefficient (Wildman–Crippen LogP) is 1.96. The summed E-state index contributed by atoms with van der Waals surface area (Å²) in [7, 11) is -3.63. The molecule has 20 heavy (non-hydrogen) atoms. The molecule has 0 saturated heterocycles. The average molecular weight is 291 g/mol. The minimum atomic E-state index is -3.63. The quantitative estimate of drug-likeness (QED) is 0.901. The van der Waals surface area contributed by atoms with Gasteiger partial charge < -0.3 is 5.73 Å². The lowest BCUT2D eigenvalue weighted by molar-refractivity contribution is 0.601. The van der Waals surface area contributed by atoms with Crippen LogP contribution in [0.25, 0.3) is 0 Å². The molecule has 0 fully saturated rings. The Kier molecular flexibility index (Phi) is 4.06. The normalized spacial score (nSPS) is 11.3. The number of sulfonamides is 1. The fraction of sp³-hybridized carbons (Fsp3) is 0.214.